The average Bonchev–Trinajstić information content (AvgIpc) is 2.39. The van der Waals surface area contributed by atoms with Gasteiger partial charge < -0.3 is 9.84 Å². The number of hydrogen-bond donors (Lipinski definition) is 1. The fraction of sp³-hybridized carbons (Fsp3) is 0.125. The first-order valence-electron chi connectivity index (χ1n) is 6.10. The summed E-state index contributed by atoms with van der Waals surface area (Å²) in [5, 5.41) is 9.44. The number of carbonyl (C=O) groups is 2. The Morgan fingerprint density at radius 2 is 1.70 bits per heavy atom. The Balaban J connectivity index is 2.29. The quantitative estimate of drug-likeness (QED) is 0.528. The molecule has 2 aromatic rings. The summed E-state index contributed by atoms with van der Waals surface area (Å²) in [6.45, 7) is 3.29. The summed E-state index contributed by atoms with van der Waals surface area (Å²) in [6, 6.07) is 10.9. The molecule has 2 rings (SSSR count). The lowest BCUT2D eigenvalue weighted by molar-refractivity contribution is 0.0732. The van der Waals surface area contributed by atoms with Gasteiger partial charge in [0.1, 0.15) is 11.5 Å². The maximum absolute atomic E-state index is 12.0. The molecule has 0 heterocycles. The lowest BCUT2D eigenvalue weighted by Gasteiger charge is -2.08. The van der Waals surface area contributed by atoms with Crippen molar-refractivity contribution in [3.05, 3.63) is 59.2 Å². The van der Waals surface area contributed by atoms with E-state index < -0.39 is 5.97 Å². The van der Waals surface area contributed by atoms with E-state index in [9.17, 15) is 14.7 Å². The largest absolute Gasteiger partial charge is 0.508 e. The summed E-state index contributed by atoms with van der Waals surface area (Å²) in [6.07, 6.45) is 0. The summed E-state index contributed by atoms with van der Waals surface area (Å²) in [5.41, 5.74) is 1.67. The molecule has 2 aromatic carbocycles. The number of phenolic OH excluding ortho intramolecular Hbond substituents is 1. The van der Waals surface area contributed by atoms with E-state index >= 15 is 0 Å². The predicted octanol–water partition coefficient (Wildman–Crippen LogP) is 3.12. The van der Waals surface area contributed by atoms with E-state index in [0.29, 0.717) is 5.56 Å². The maximum atomic E-state index is 12.0. The van der Waals surface area contributed by atoms with Gasteiger partial charge in [-0.2, -0.15) is 0 Å². The van der Waals surface area contributed by atoms with E-state index in [0.717, 1.165) is 5.56 Å². The van der Waals surface area contributed by atoms with E-state index in [1.807, 2.05) is 6.92 Å². The topological polar surface area (TPSA) is 63.6 Å². The minimum Gasteiger partial charge on any atom is -0.508 e. The van der Waals surface area contributed by atoms with Gasteiger partial charge in [0, 0.05) is 6.07 Å². The number of ketones is 1. The Labute approximate surface area is 116 Å². The third-order valence-corrected chi connectivity index (χ3v) is 2.83. The smallest absolute Gasteiger partial charge is 0.343 e. The van der Waals surface area contributed by atoms with E-state index in [2.05, 4.69) is 0 Å². The standard InChI is InChI=1S/C16H14O4/c1-10-3-5-12(6-4-10)16(19)20-15-9-13(18)7-8-14(15)11(2)17/h3-9,18H,1-2H3. The van der Waals surface area contributed by atoms with Crippen LogP contribution in [0.4, 0.5) is 0 Å². The molecule has 0 atom stereocenters. The second-order valence-corrected chi connectivity index (χ2v) is 4.49. The van der Waals surface area contributed by atoms with Gasteiger partial charge in [0.15, 0.2) is 5.78 Å². The van der Waals surface area contributed by atoms with Gasteiger partial charge in [0.25, 0.3) is 0 Å². The minimum absolute atomic E-state index is 0.0584. The van der Waals surface area contributed by atoms with Crippen LogP contribution in [0.2, 0.25) is 0 Å². The Morgan fingerprint density at radius 3 is 2.30 bits per heavy atom. The van der Waals surface area contributed by atoms with Crippen LogP contribution in [0, 0.1) is 6.92 Å². The zero-order valence-corrected chi connectivity index (χ0v) is 11.2. The molecule has 0 radical (unpaired) electrons. The maximum Gasteiger partial charge on any atom is 0.343 e. The van der Waals surface area contributed by atoms with Crippen molar-refractivity contribution in [2.45, 2.75) is 13.8 Å². The molecular weight excluding hydrogens is 256 g/mol. The van der Waals surface area contributed by atoms with Crippen molar-refractivity contribution in [1.29, 1.82) is 0 Å². The molecule has 0 spiro atoms. The van der Waals surface area contributed by atoms with Gasteiger partial charge in [-0.05, 0) is 38.1 Å². The Morgan fingerprint density at radius 1 is 1.05 bits per heavy atom. The third-order valence-electron chi connectivity index (χ3n) is 2.83. The van der Waals surface area contributed by atoms with Gasteiger partial charge in [-0.1, -0.05) is 17.7 Å². The molecule has 102 valence electrons. The van der Waals surface area contributed by atoms with Crippen molar-refractivity contribution < 1.29 is 19.4 Å². The molecule has 0 bridgehead atoms. The summed E-state index contributed by atoms with van der Waals surface area (Å²) >= 11 is 0. The van der Waals surface area contributed by atoms with Gasteiger partial charge in [-0.3, -0.25) is 4.79 Å². The van der Waals surface area contributed by atoms with Crippen LogP contribution in [0.5, 0.6) is 11.5 Å². The molecule has 4 nitrogen and oxygen atoms in total. The van der Waals surface area contributed by atoms with Gasteiger partial charge in [0.2, 0.25) is 0 Å². The lowest BCUT2D eigenvalue weighted by atomic mass is 10.1. The van der Waals surface area contributed by atoms with Crippen molar-refractivity contribution in [1.82, 2.24) is 0 Å². The summed E-state index contributed by atoms with van der Waals surface area (Å²) in [4.78, 5) is 23.5. The molecule has 0 saturated heterocycles. The number of ether oxygens (including phenoxy) is 1. The minimum atomic E-state index is -0.571. The number of benzene rings is 2. The normalized spacial score (nSPS) is 10.1. The van der Waals surface area contributed by atoms with Crippen LogP contribution in [0.1, 0.15) is 33.2 Å². The van der Waals surface area contributed by atoms with Crippen molar-refractivity contribution in [2.75, 3.05) is 0 Å². The van der Waals surface area contributed by atoms with E-state index in [-0.39, 0.29) is 22.8 Å². The van der Waals surface area contributed by atoms with Crippen LogP contribution in [-0.4, -0.2) is 16.9 Å². The molecule has 0 unspecified atom stereocenters. The number of Topliss-reactive ketones (excluding diaryl/α,β-unsaturated/α-hetero) is 1. The molecular formula is C16H14O4. The molecule has 0 aliphatic heterocycles. The van der Waals surface area contributed by atoms with E-state index in [1.165, 1.54) is 25.1 Å². The molecule has 0 aliphatic carbocycles. The highest BCUT2D eigenvalue weighted by atomic mass is 16.5. The number of esters is 1. The van der Waals surface area contributed by atoms with Crippen molar-refractivity contribution >= 4 is 11.8 Å². The molecule has 0 aliphatic rings. The fourth-order valence-electron chi connectivity index (χ4n) is 1.73. The summed E-state index contributed by atoms with van der Waals surface area (Å²) in [7, 11) is 0. The van der Waals surface area contributed by atoms with Crippen LogP contribution in [0.3, 0.4) is 0 Å². The van der Waals surface area contributed by atoms with Crippen LogP contribution >= 0.6 is 0 Å². The lowest BCUT2D eigenvalue weighted by Crippen LogP contribution is -2.10. The second kappa shape index (κ2) is 5.57. The third kappa shape index (κ3) is 3.03. The molecule has 4 heteroatoms. The first-order chi connectivity index (χ1) is 9.47. The molecule has 0 saturated carbocycles. The highest BCUT2D eigenvalue weighted by molar-refractivity contribution is 5.99. The summed E-state index contributed by atoms with van der Waals surface area (Å²) in [5.74, 6) is -0.820. The molecule has 0 aromatic heterocycles. The number of aryl methyl sites for hydroxylation is 1. The highest BCUT2D eigenvalue weighted by Gasteiger charge is 2.14. The zero-order valence-electron chi connectivity index (χ0n) is 11.2. The Kier molecular flexibility index (Phi) is 3.84. The zero-order chi connectivity index (χ0) is 14.7. The number of rotatable bonds is 3. The number of aromatic hydroxyl groups is 1. The van der Waals surface area contributed by atoms with E-state index in [1.54, 1.807) is 24.3 Å². The van der Waals surface area contributed by atoms with Crippen molar-refractivity contribution in [3.63, 3.8) is 0 Å². The van der Waals surface area contributed by atoms with Crippen LogP contribution in [-0.2, 0) is 0 Å². The number of hydrogen-bond acceptors (Lipinski definition) is 4. The van der Waals surface area contributed by atoms with Gasteiger partial charge in [-0.15, -0.1) is 0 Å². The number of phenols is 1. The molecule has 1 N–H and O–H groups in total. The number of carbonyl (C=O) groups excluding carboxylic acids is 2. The highest BCUT2D eigenvalue weighted by Crippen LogP contribution is 2.25. The van der Waals surface area contributed by atoms with Gasteiger partial charge >= 0.3 is 5.97 Å². The van der Waals surface area contributed by atoms with Crippen LogP contribution < -0.4 is 4.74 Å². The van der Waals surface area contributed by atoms with E-state index in [4.69, 9.17) is 4.74 Å². The van der Waals surface area contributed by atoms with Crippen LogP contribution in [0.25, 0.3) is 0 Å². The fourth-order valence-corrected chi connectivity index (χ4v) is 1.73. The van der Waals surface area contributed by atoms with Crippen LogP contribution in [0.15, 0.2) is 42.5 Å². The monoisotopic (exact) mass is 270 g/mol. The Hall–Kier alpha value is -2.62. The van der Waals surface area contributed by atoms with Crippen molar-refractivity contribution in [3.8, 4) is 11.5 Å². The first-order valence-corrected chi connectivity index (χ1v) is 6.10. The van der Waals surface area contributed by atoms with Gasteiger partial charge in [-0.25, -0.2) is 4.79 Å². The second-order valence-electron chi connectivity index (χ2n) is 4.49. The average molecular weight is 270 g/mol. The first kappa shape index (κ1) is 13.8. The predicted molar refractivity (Wildman–Crippen MR) is 74.2 cm³/mol. The summed E-state index contributed by atoms with van der Waals surface area (Å²) < 4.78 is 5.19. The van der Waals surface area contributed by atoms with Gasteiger partial charge in [0.05, 0.1) is 11.1 Å². The molecule has 20 heavy (non-hydrogen) atoms. The molecule has 0 fully saturated rings. The van der Waals surface area contributed by atoms with Crippen molar-refractivity contribution in [2.24, 2.45) is 0 Å². The molecule has 0 amide bonds. The Bertz CT molecular complexity index is 657. The SMILES string of the molecule is CC(=O)c1ccc(O)cc1OC(=O)c1ccc(C)cc1.